The summed E-state index contributed by atoms with van der Waals surface area (Å²) in [6, 6.07) is 8.82. The summed E-state index contributed by atoms with van der Waals surface area (Å²) in [6.45, 7) is 2.35. The highest BCUT2D eigenvalue weighted by molar-refractivity contribution is 7.80. The average molecular weight is 215 g/mol. The van der Waals surface area contributed by atoms with Crippen LogP contribution < -0.4 is 4.47 Å². The fourth-order valence-electron chi connectivity index (χ4n) is 0.934. The van der Waals surface area contributed by atoms with Crippen molar-refractivity contribution in [1.29, 1.82) is 0 Å². The summed E-state index contributed by atoms with van der Waals surface area (Å²) in [6.07, 6.45) is 0.792. The van der Waals surface area contributed by atoms with Crippen LogP contribution in [-0.2, 0) is 16.1 Å². The Morgan fingerprint density at radius 3 is 2.57 bits per heavy atom. The first kappa shape index (κ1) is 11.2. The zero-order valence-electron chi connectivity index (χ0n) is 7.92. The van der Waals surface area contributed by atoms with Crippen LogP contribution >= 0.6 is 0 Å². The molecule has 0 heterocycles. The van der Waals surface area contributed by atoms with E-state index in [4.69, 9.17) is 9.39 Å². The number of hydrogen-bond acceptors (Lipinski definition) is 2. The molecule has 0 bridgehead atoms. The van der Waals surface area contributed by atoms with Gasteiger partial charge in [-0.05, 0) is 18.6 Å². The Bertz CT molecular complexity index is 291. The third-order valence-electron chi connectivity index (χ3n) is 1.52. The molecule has 0 radical (unpaired) electrons. The van der Waals surface area contributed by atoms with Crippen molar-refractivity contribution in [3.63, 3.8) is 0 Å². The number of nitrogens with zero attached hydrogens (tertiary/aromatic N) is 1. The maximum Gasteiger partial charge on any atom is 0.286 e. The first-order valence-electron chi connectivity index (χ1n) is 4.34. The molecule has 1 atom stereocenters. The molecule has 0 saturated carbocycles. The first-order chi connectivity index (χ1) is 6.75. The highest BCUT2D eigenvalue weighted by atomic mass is 32.2. The smallest absolute Gasteiger partial charge is 0.286 e. The van der Waals surface area contributed by atoms with E-state index in [1.54, 1.807) is 24.3 Å². The molecule has 1 rings (SSSR count). The molecule has 0 aliphatic rings. The lowest BCUT2D eigenvalue weighted by Crippen LogP contribution is -2.25. The molecular formula is C9H13NO3S. The van der Waals surface area contributed by atoms with Crippen LogP contribution in [0.5, 0.6) is 0 Å². The highest BCUT2D eigenvalue weighted by Gasteiger charge is 2.11. The molecule has 14 heavy (non-hydrogen) atoms. The Kier molecular flexibility index (Phi) is 4.58. The van der Waals surface area contributed by atoms with Crippen molar-refractivity contribution in [2.75, 3.05) is 11.1 Å². The van der Waals surface area contributed by atoms with Crippen LogP contribution in [0.25, 0.3) is 0 Å². The molecule has 4 nitrogen and oxygen atoms in total. The third-order valence-corrected chi connectivity index (χ3v) is 2.12. The maximum atomic E-state index is 10.9. The summed E-state index contributed by atoms with van der Waals surface area (Å²) < 4.78 is 20.9. The average Bonchev–Trinajstić information content (AvgIpc) is 2.19. The molecule has 0 fully saturated rings. The molecule has 0 aliphatic heterocycles. The van der Waals surface area contributed by atoms with E-state index in [0.29, 0.717) is 12.3 Å². The molecule has 0 saturated heterocycles. The molecule has 0 spiro atoms. The molecule has 1 N–H and O–H groups in total. The van der Waals surface area contributed by atoms with E-state index < -0.39 is 11.3 Å². The summed E-state index contributed by atoms with van der Waals surface area (Å²) >= 11 is -2.14. The zero-order chi connectivity index (χ0) is 10.4. The molecule has 1 unspecified atom stereocenters. The number of rotatable bonds is 5. The highest BCUT2D eigenvalue weighted by Crippen LogP contribution is 2.14. The number of para-hydroxylation sites is 1. The van der Waals surface area contributed by atoms with E-state index in [1.165, 1.54) is 0 Å². The normalized spacial score (nSPS) is 12.4. The Morgan fingerprint density at radius 1 is 1.43 bits per heavy atom. The van der Waals surface area contributed by atoms with E-state index in [1.807, 2.05) is 13.0 Å². The van der Waals surface area contributed by atoms with Crippen molar-refractivity contribution in [1.82, 2.24) is 0 Å². The summed E-state index contributed by atoms with van der Waals surface area (Å²) in [5.74, 6) is 0. The van der Waals surface area contributed by atoms with Crippen LogP contribution in [0.4, 0.5) is 5.69 Å². The molecule has 78 valence electrons. The summed E-state index contributed by atoms with van der Waals surface area (Å²) in [5.41, 5.74) is 0.571. The van der Waals surface area contributed by atoms with E-state index in [-0.39, 0.29) is 0 Å². The van der Waals surface area contributed by atoms with Gasteiger partial charge in [0.1, 0.15) is 0 Å². The minimum atomic E-state index is -2.14. The number of anilines is 1. The van der Waals surface area contributed by atoms with Crippen molar-refractivity contribution in [3.05, 3.63) is 30.3 Å². The second-order valence-electron chi connectivity index (χ2n) is 2.66. The largest absolute Gasteiger partial charge is 0.288 e. The van der Waals surface area contributed by atoms with E-state index in [9.17, 15) is 4.21 Å². The lowest BCUT2D eigenvalue weighted by molar-refractivity contribution is 0.148. The van der Waals surface area contributed by atoms with Gasteiger partial charge in [-0.3, -0.25) is 9.39 Å². The molecular weight excluding hydrogens is 202 g/mol. The van der Waals surface area contributed by atoms with Crippen LogP contribution in [-0.4, -0.2) is 15.4 Å². The van der Waals surface area contributed by atoms with Gasteiger partial charge in [-0.2, -0.15) is 0 Å². The van der Waals surface area contributed by atoms with Crippen LogP contribution in [0.3, 0.4) is 0 Å². The van der Waals surface area contributed by atoms with Gasteiger partial charge >= 0.3 is 0 Å². The van der Waals surface area contributed by atoms with Crippen molar-refractivity contribution in [2.24, 2.45) is 0 Å². The van der Waals surface area contributed by atoms with Crippen molar-refractivity contribution < 1.29 is 13.6 Å². The topological polar surface area (TPSA) is 49.8 Å². The Labute approximate surface area is 85.9 Å². The quantitative estimate of drug-likeness (QED) is 0.603. The zero-order valence-corrected chi connectivity index (χ0v) is 8.74. The lowest BCUT2D eigenvalue weighted by Gasteiger charge is -2.18. The molecule has 0 amide bonds. The standard InChI is InChI=1S/C9H13NO3S/c1-2-8-13-10(14(11)12)9-6-4-3-5-7-9/h3-7H,2,8H2,1H3,(H,11,12). The second-order valence-corrected chi connectivity index (χ2v) is 3.45. The monoisotopic (exact) mass is 215 g/mol. The van der Waals surface area contributed by atoms with Crippen LogP contribution in [0.15, 0.2) is 30.3 Å². The van der Waals surface area contributed by atoms with E-state index >= 15 is 0 Å². The molecule has 0 aliphatic carbocycles. The molecule has 5 heteroatoms. The second kappa shape index (κ2) is 5.74. The van der Waals surface area contributed by atoms with E-state index in [2.05, 4.69) is 0 Å². The SMILES string of the molecule is CCCON(c1ccccc1)S(=O)O. The Balaban J connectivity index is 2.73. The van der Waals surface area contributed by atoms with Crippen molar-refractivity contribution in [3.8, 4) is 0 Å². The van der Waals surface area contributed by atoms with Gasteiger partial charge in [0.05, 0.1) is 12.3 Å². The summed E-state index contributed by atoms with van der Waals surface area (Å²) in [5, 5.41) is 0. The Morgan fingerprint density at radius 2 is 2.07 bits per heavy atom. The fourth-order valence-corrected chi connectivity index (χ4v) is 1.40. The van der Waals surface area contributed by atoms with Gasteiger partial charge in [0.25, 0.3) is 11.3 Å². The minimum Gasteiger partial charge on any atom is -0.288 e. The van der Waals surface area contributed by atoms with Crippen molar-refractivity contribution in [2.45, 2.75) is 13.3 Å². The van der Waals surface area contributed by atoms with Crippen LogP contribution in [0.2, 0.25) is 0 Å². The van der Waals surface area contributed by atoms with Gasteiger partial charge in [-0.15, -0.1) is 4.47 Å². The van der Waals surface area contributed by atoms with Gasteiger partial charge in [-0.1, -0.05) is 25.1 Å². The predicted octanol–water partition coefficient (Wildman–Crippen LogP) is 1.97. The number of hydrogen-bond donors (Lipinski definition) is 1. The van der Waals surface area contributed by atoms with Crippen molar-refractivity contribution >= 4 is 17.0 Å². The third kappa shape index (κ3) is 3.10. The van der Waals surface area contributed by atoms with Gasteiger partial charge in [0.15, 0.2) is 0 Å². The van der Waals surface area contributed by atoms with Crippen LogP contribution in [0.1, 0.15) is 13.3 Å². The minimum absolute atomic E-state index is 0.418. The molecule has 1 aromatic rings. The number of benzene rings is 1. The van der Waals surface area contributed by atoms with Gasteiger partial charge in [-0.25, -0.2) is 4.21 Å². The maximum absolute atomic E-state index is 10.9. The summed E-state index contributed by atoms with van der Waals surface area (Å²) in [4.78, 5) is 5.12. The molecule has 1 aromatic carbocycles. The molecule has 0 aromatic heterocycles. The van der Waals surface area contributed by atoms with Gasteiger partial charge in [0, 0.05) is 0 Å². The van der Waals surface area contributed by atoms with Gasteiger partial charge < -0.3 is 0 Å². The lowest BCUT2D eigenvalue weighted by atomic mass is 10.3. The first-order valence-corrected chi connectivity index (χ1v) is 5.41. The van der Waals surface area contributed by atoms with E-state index in [0.717, 1.165) is 10.9 Å². The van der Waals surface area contributed by atoms with Gasteiger partial charge in [0.2, 0.25) is 0 Å². The fraction of sp³-hybridized carbons (Fsp3) is 0.333. The van der Waals surface area contributed by atoms with Crippen LogP contribution in [0, 0.1) is 0 Å². The summed E-state index contributed by atoms with van der Waals surface area (Å²) in [7, 11) is 0. The Hall–Kier alpha value is -0.910. The predicted molar refractivity (Wildman–Crippen MR) is 55.9 cm³/mol.